The van der Waals surface area contributed by atoms with Crippen LogP contribution in [-0.4, -0.2) is 30.8 Å². The molecule has 0 aliphatic carbocycles. The number of hydrogen-bond acceptors (Lipinski definition) is 2. The molecule has 0 fully saturated rings. The fraction of sp³-hybridized carbons (Fsp3) is 0.700. The molecule has 0 aromatic rings. The van der Waals surface area contributed by atoms with Gasteiger partial charge in [0.2, 0.25) is 0 Å². The van der Waals surface area contributed by atoms with Gasteiger partial charge in [0.1, 0.15) is 5.78 Å². The van der Waals surface area contributed by atoms with E-state index < -0.39 is 0 Å². The monoisotopic (exact) mass is 169 g/mol. The molecule has 12 heavy (non-hydrogen) atoms. The minimum atomic E-state index is 0.321. The molecule has 0 aliphatic heterocycles. The van der Waals surface area contributed by atoms with Crippen molar-refractivity contribution in [2.75, 3.05) is 20.1 Å². The maximum absolute atomic E-state index is 11.2. The van der Waals surface area contributed by atoms with Crippen LogP contribution in [0.5, 0.6) is 0 Å². The van der Waals surface area contributed by atoms with Crippen molar-refractivity contribution in [3.63, 3.8) is 0 Å². The van der Waals surface area contributed by atoms with Crippen LogP contribution in [0.2, 0.25) is 0 Å². The van der Waals surface area contributed by atoms with E-state index in [9.17, 15) is 4.79 Å². The topological polar surface area (TPSA) is 20.3 Å². The normalized spacial score (nSPS) is 10.3. The summed E-state index contributed by atoms with van der Waals surface area (Å²) in [5, 5.41) is 0. The minimum absolute atomic E-state index is 0.321. The first-order valence-corrected chi connectivity index (χ1v) is 4.41. The summed E-state index contributed by atoms with van der Waals surface area (Å²) in [6.45, 7) is 9.16. The van der Waals surface area contributed by atoms with Crippen LogP contribution in [-0.2, 0) is 4.79 Å². The van der Waals surface area contributed by atoms with E-state index in [1.54, 1.807) is 0 Å². The number of nitrogens with zero attached hydrogens (tertiary/aromatic N) is 1. The average Bonchev–Trinajstić information content (AvgIpc) is 1.84. The summed E-state index contributed by atoms with van der Waals surface area (Å²) in [6, 6.07) is 0. The Bertz CT molecular complexity index is 163. The Morgan fingerprint density at radius 3 is 2.42 bits per heavy atom. The minimum Gasteiger partial charge on any atom is -0.298 e. The molecule has 0 saturated carbocycles. The zero-order valence-corrected chi connectivity index (χ0v) is 8.39. The van der Waals surface area contributed by atoms with Crippen molar-refractivity contribution >= 4 is 5.78 Å². The van der Waals surface area contributed by atoms with Crippen molar-refractivity contribution in [2.45, 2.75) is 26.7 Å². The van der Waals surface area contributed by atoms with Crippen LogP contribution in [0, 0.1) is 0 Å². The zero-order chi connectivity index (χ0) is 9.56. The predicted octanol–water partition coefficient (Wildman–Crippen LogP) is 1.86. The Morgan fingerprint density at radius 1 is 1.42 bits per heavy atom. The van der Waals surface area contributed by atoms with Crippen molar-refractivity contribution in [3.8, 4) is 0 Å². The molecule has 0 N–H and O–H groups in total. The summed E-state index contributed by atoms with van der Waals surface area (Å²) in [4.78, 5) is 13.2. The van der Waals surface area contributed by atoms with E-state index in [4.69, 9.17) is 0 Å². The molecular formula is C10H19NO. The molecule has 0 aromatic heterocycles. The molecule has 70 valence electrons. The second-order valence-electron chi connectivity index (χ2n) is 3.42. The second-order valence-corrected chi connectivity index (χ2v) is 3.42. The molecule has 0 heterocycles. The first-order chi connectivity index (χ1) is 5.56. The van der Waals surface area contributed by atoms with Gasteiger partial charge in [0.15, 0.2) is 0 Å². The van der Waals surface area contributed by atoms with E-state index in [1.165, 1.54) is 0 Å². The lowest BCUT2D eigenvalue weighted by molar-refractivity contribution is -0.119. The lowest BCUT2D eigenvalue weighted by Gasteiger charge is -2.14. The summed E-state index contributed by atoms with van der Waals surface area (Å²) in [5.74, 6) is 0.321. The van der Waals surface area contributed by atoms with Gasteiger partial charge in [-0.1, -0.05) is 19.1 Å². The maximum atomic E-state index is 11.2. The first kappa shape index (κ1) is 11.4. The predicted molar refractivity (Wildman–Crippen MR) is 52.2 cm³/mol. The number of likely N-dealkylation sites (N-methyl/N-ethyl adjacent to an activating group) is 1. The Kier molecular flexibility index (Phi) is 5.64. The molecule has 0 radical (unpaired) electrons. The highest BCUT2D eigenvalue weighted by molar-refractivity contribution is 5.80. The highest BCUT2D eigenvalue weighted by Gasteiger charge is 2.04. The fourth-order valence-electron chi connectivity index (χ4n) is 1.18. The van der Waals surface area contributed by atoms with Crippen LogP contribution in [0.25, 0.3) is 0 Å². The van der Waals surface area contributed by atoms with Gasteiger partial charge >= 0.3 is 0 Å². The third kappa shape index (κ3) is 6.10. The molecule has 0 spiro atoms. The lowest BCUT2D eigenvalue weighted by atomic mass is 10.2. The highest BCUT2D eigenvalue weighted by atomic mass is 16.1. The standard InChI is InChI=1S/C10H19NO/c1-5-6-10(12)8-11(4)7-9(2)3/h2,5-8H2,1,3-4H3. The number of rotatable bonds is 6. The van der Waals surface area contributed by atoms with Crippen molar-refractivity contribution < 1.29 is 4.79 Å². The van der Waals surface area contributed by atoms with E-state index in [-0.39, 0.29) is 0 Å². The van der Waals surface area contributed by atoms with Crippen LogP contribution >= 0.6 is 0 Å². The zero-order valence-electron chi connectivity index (χ0n) is 8.39. The van der Waals surface area contributed by atoms with E-state index in [0.717, 1.165) is 18.5 Å². The smallest absolute Gasteiger partial charge is 0.146 e. The Labute approximate surface area is 75.3 Å². The Balaban J connectivity index is 3.61. The Morgan fingerprint density at radius 2 is 2.00 bits per heavy atom. The molecule has 0 saturated heterocycles. The molecule has 0 rings (SSSR count). The Hall–Kier alpha value is -0.630. The number of carbonyl (C=O) groups excluding carboxylic acids is 1. The van der Waals surface area contributed by atoms with E-state index in [1.807, 2.05) is 25.8 Å². The molecule has 0 unspecified atom stereocenters. The van der Waals surface area contributed by atoms with Gasteiger partial charge in [-0.3, -0.25) is 9.69 Å². The van der Waals surface area contributed by atoms with Crippen molar-refractivity contribution in [2.24, 2.45) is 0 Å². The third-order valence-corrected chi connectivity index (χ3v) is 1.51. The van der Waals surface area contributed by atoms with Crippen LogP contribution in [0.1, 0.15) is 26.7 Å². The van der Waals surface area contributed by atoms with Crippen LogP contribution in [0.4, 0.5) is 0 Å². The van der Waals surface area contributed by atoms with Gasteiger partial charge in [-0.15, -0.1) is 0 Å². The van der Waals surface area contributed by atoms with Crippen LogP contribution < -0.4 is 0 Å². The van der Waals surface area contributed by atoms with Crippen molar-refractivity contribution in [1.29, 1.82) is 0 Å². The second kappa shape index (κ2) is 5.95. The average molecular weight is 169 g/mol. The SMILES string of the molecule is C=C(C)CN(C)CC(=O)CCC. The summed E-state index contributed by atoms with van der Waals surface area (Å²) in [5.41, 5.74) is 1.10. The van der Waals surface area contributed by atoms with E-state index in [0.29, 0.717) is 18.7 Å². The van der Waals surface area contributed by atoms with Gasteiger partial charge in [-0.05, 0) is 20.4 Å². The lowest BCUT2D eigenvalue weighted by Crippen LogP contribution is -2.27. The van der Waals surface area contributed by atoms with Gasteiger partial charge in [-0.25, -0.2) is 0 Å². The largest absolute Gasteiger partial charge is 0.298 e. The van der Waals surface area contributed by atoms with E-state index >= 15 is 0 Å². The number of ketones is 1. The fourth-order valence-corrected chi connectivity index (χ4v) is 1.18. The molecule has 0 bridgehead atoms. The molecule has 2 nitrogen and oxygen atoms in total. The summed E-state index contributed by atoms with van der Waals surface area (Å²) in [6.07, 6.45) is 1.64. The molecule has 2 heteroatoms. The summed E-state index contributed by atoms with van der Waals surface area (Å²) in [7, 11) is 1.95. The van der Waals surface area contributed by atoms with E-state index in [2.05, 4.69) is 6.58 Å². The molecular weight excluding hydrogens is 150 g/mol. The quantitative estimate of drug-likeness (QED) is 0.566. The van der Waals surface area contributed by atoms with Gasteiger partial charge < -0.3 is 0 Å². The maximum Gasteiger partial charge on any atom is 0.146 e. The number of hydrogen-bond donors (Lipinski definition) is 0. The first-order valence-electron chi connectivity index (χ1n) is 4.41. The van der Waals surface area contributed by atoms with Gasteiger partial charge in [0.05, 0.1) is 6.54 Å². The highest BCUT2D eigenvalue weighted by Crippen LogP contribution is 1.95. The van der Waals surface area contributed by atoms with Crippen molar-refractivity contribution in [1.82, 2.24) is 4.90 Å². The number of Topliss-reactive ketones (excluding diaryl/α,β-unsaturated/α-hetero) is 1. The molecule has 0 atom stereocenters. The van der Waals surface area contributed by atoms with Gasteiger partial charge in [0.25, 0.3) is 0 Å². The molecule has 0 aromatic carbocycles. The summed E-state index contributed by atoms with van der Waals surface area (Å²) < 4.78 is 0. The van der Waals surface area contributed by atoms with Crippen molar-refractivity contribution in [3.05, 3.63) is 12.2 Å². The number of carbonyl (C=O) groups is 1. The van der Waals surface area contributed by atoms with Crippen LogP contribution in [0.15, 0.2) is 12.2 Å². The van der Waals surface area contributed by atoms with Gasteiger partial charge in [0, 0.05) is 13.0 Å². The van der Waals surface area contributed by atoms with Gasteiger partial charge in [-0.2, -0.15) is 0 Å². The molecule has 0 amide bonds. The van der Waals surface area contributed by atoms with Crippen LogP contribution in [0.3, 0.4) is 0 Å². The third-order valence-electron chi connectivity index (χ3n) is 1.51. The molecule has 0 aliphatic rings. The summed E-state index contributed by atoms with van der Waals surface area (Å²) >= 11 is 0.